The molecule has 0 aliphatic heterocycles. The smallest absolute Gasteiger partial charge is 0.350 e. The standard InChI is InChI=1S/C13H18ClF4NO2/c14-7-9(20)12(5-3-1-2-4-6-12)8-19-11(21)13(17,18)10(15)16/h10H,1-8H2,(H,19,21). The number of alkyl halides is 5. The number of halogens is 5. The van der Waals surface area contributed by atoms with Crippen molar-refractivity contribution >= 4 is 23.3 Å². The topological polar surface area (TPSA) is 46.2 Å². The van der Waals surface area contributed by atoms with Crippen molar-refractivity contribution in [3.8, 4) is 0 Å². The van der Waals surface area contributed by atoms with Crippen LogP contribution in [0.3, 0.4) is 0 Å². The lowest BCUT2D eigenvalue weighted by molar-refractivity contribution is -0.170. The molecule has 0 spiro atoms. The van der Waals surface area contributed by atoms with Gasteiger partial charge in [-0.1, -0.05) is 25.7 Å². The van der Waals surface area contributed by atoms with E-state index in [2.05, 4.69) is 0 Å². The number of carbonyl (C=O) groups is 2. The van der Waals surface area contributed by atoms with Crippen molar-refractivity contribution in [3.63, 3.8) is 0 Å². The van der Waals surface area contributed by atoms with E-state index in [4.69, 9.17) is 11.6 Å². The van der Waals surface area contributed by atoms with E-state index in [-0.39, 0.29) is 18.2 Å². The van der Waals surface area contributed by atoms with E-state index in [1.165, 1.54) is 0 Å². The van der Waals surface area contributed by atoms with Gasteiger partial charge in [0.25, 0.3) is 5.91 Å². The fourth-order valence-electron chi connectivity index (χ4n) is 2.57. The molecule has 0 bridgehead atoms. The van der Waals surface area contributed by atoms with Crippen LogP contribution in [0.2, 0.25) is 0 Å². The van der Waals surface area contributed by atoms with Gasteiger partial charge in [0, 0.05) is 12.0 Å². The van der Waals surface area contributed by atoms with Crippen LogP contribution in [0.5, 0.6) is 0 Å². The summed E-state index contributed by atoms with van der Waals surface area (Å²) < 4.78 is 50.0. The molecule has 0 saturated heterocycles. The Morgan fingerprint density at radius 2 is 1.67 bits per heavy atom. The summed E-state index contributed by atoms with van der Waals surface area (Å²) in [4.78, 5) is 23.2. The first-order valence-corrected chi connectivity index (χ1v) is 7.33. The summed E-state index contributed by atoms with van der Waals surface area (Å²) >= 11 is 5.55. The molecule has 1 N–H and O–H groups in total. The lowest BCUT2D eigenvalue weighted by Gasteiger charge is -2.31. The Hall–Kier alpha value is -0.850. The number of ketones is 1. The highest BCUT2D eigenvalue weighted by Crippen LogP contribution is 2.36. The Morgan fingerprint density at radius 1 is 1.14 bits per heavy atom. The lowest BCUT2D eigenvalue weighted by atomic mass is 9.77. The predicted octanol–water partition coefficient (Wildman–Crippen LogP) is 3.15. The van der Waals surface area contributed by atoms with Gasteiger partial charge in [0.1, 0.15) is 0 Å². The maximum atomic E-state index is 12.9. The normalized spacial score (nSPS) is 19.1. The molecule has 8 heteroatoms. The van der Waals surface area contributed by atoms with Crippen LogP contribution >= 0.6 is 11.6 Å². The first-order valence-electron chi connectivity index (χ1n) is 6.80. The van der Waals surface area contributed by atoms with Crippen molar-refractivity contribution < 1.29 is 27.2 Å². The van der Waals surface area contributed by atoms with Crippen LogP contribution in [0, 0.1) is 5.41 Å². The average molecular weight is 332 g/mol. The van der Waals surface area contributed by atoms with Crippen LogP contribution in [-0.2, 0) is 9.59 Å². The Morgan fingerprint density at radius 3 is 2.10 bits per heavy atom. The number of nitrogens with one attached hydrogen (secondary N) is 1. The van der Waals surface area contributed by atoms with Gasteiger partial charge in [-0.3, -0.25) is 9.59 Å². The van der Waals surface area contributed by atoms with E-state index in [0.29, 0.717) is 25.7 Å². The third-order valence-electron chi connectivity index (χ3n) is 3.94. The molecule has 0 aromatic heterocycles. The monoisotopic (exact) mass is 331 g/mol. The second kappa shape index (κ2) is 7.42. The van der Waals surface area contributed by atoms with Crippen LogP contribution in [0.4, 0.5) is 17.6 Å². The second-order valence-corrected chi connectivity index (χ2v) is 5.62. The maximum Gasteiger partial charge on any atom is 0.383 e. The predicted molar refractivity (Wildman–Crippen MR) is 69.8 cm³/mol. The molecule has 1 saturated carbocycles. The summed E-state index contributed by atoms with van der Waals surface area (Å²) in [5.41, 5.74) is -1.02. The van der Waals surface area contributed by atoms with Gasteiger partial charge in [-0.2, -0.15) is 8.78 Å². The molecule has 0 aromatic carbocycles. The molecule has 21 heavy (non-hydrogen) atoms. The zero-order valence-electron chi connectivity index (χ0n) is 11.4. The van der Waals surface area contributed by atoms with E-state index in [9.17, 15) is 27.2 Å². The summed E-state index contributed by atoms with van der Waals surface area (Å²) in [6.45, 7) is -0.375. The number of hydrogen-bond acceptors (Lipinski definition) is 2. The maximum absolute atomic E-state index is 12.9. The van der Waals surface area contributed by atoms with Gasteiger partial charge in [-0.15, -0.1) is 11.6 Å². The molecule has 1 amide bonds. The van der Waals surface area contributed by atoms with Crippen LogP contribution in [0.15, 0.2) is 0 Å². The van der Waals surface area contributed by atoms with E-state index in [0.717, 1.165) is 12.8 Å². The highest BCUT2D eigenvalue weighted by molar-refractivity contribution is 6.28. The van der Waals surface area contributed by atoms with E-state index < -0.39 is 23.7 Å². The molecular formula is C13H18ClF4NO2. The summed E-state index contributed by atoms with van der Waals surface area (Å²) in [6, 6.07) is 0. The Bertz CT molecular complexity index is 382. The third-order valence-corrected chi connectivity index (χ3v) is 4.18. The van der Waals surface area contributed by atoms with Gasteiger partial charge < -0.3 is 5.32 Å². The molecule has 122 valence electrons. The Labute approximate surface area is 125 Å². The van der Waals surface area contributed by atoms with Crippen molar-refractivity contribution in [2.24, 2.45) is 5.41 Å². The molecule has 3 nitrogen and oxygen atoms in total. The second-order valence-electron chi connectivity index (χ2n) is 5.36. The minimum atomic E-state index is -4.75. The lowest BCUT2D eigenvalue weighted by Crippen LogP contribution is -2.50. The first kappa shape index (κ1) is 18.2. The molecule has 0 aromatic rings. The van der Waals surface area contributed by atoms with Crippen LogP contribution in [0.25, 0.3) is 0 Å². The Kier molecular flexibility index (Phi) is 6.43. The van der Waals surface area contributed by atoms with E-state index >= 15 is 0 Å². The molecular weight excluding hydrogens is 314 g/mol. The fourth-order valence-corrected chi connectivity index (χ4v) is 2.85. The number of hydrogen-bond donors (Lipinski definition) is 1. The van der Waals surface area contributed by atoms with Crippen molar-refractivity contribution in [2.75, 3.05) is 12.4 Å². The molecule has 1 aliphatic rings. The largest absolute Gasteiger partial charge is 0.383 e. The molecule has 1 rings (SSSR count). The zero-order valence-corrected chi connectivity index (χ0v) is 12.2. The van der Waals surface area contributed by atoms with Crippen LogP contribution < -0.4 is 5.32 Å². The number of Topliss-reactive ketones (excluding diaryl/α,β-unsaturated/α-hetero) is 1. The summed E-state index contributed by atoms with van der Waals surface area (Å²) in [5.74, 6) is -7.44. The number of amides is 1. The number of rotatable bonds is 6. The quantitative estimate of drug-likeness (QED) is 0.462. The summed E-state index contributed by atoms with van der Waals surface area (Å²) in [5, 5.41) is 1.81. The first-order chi connectivity index (χ1) is 9.76. The van der Waals surface area contributed by atoms with Gasteiger partial charge in [0.2, 0.25) is 0 Å². The van der Waals surface area contributed by atoms with Gasteiger partial charge >= 0.3 is 12.3 Å². The van der Waals surface area contributed by atoms with Crippen LogP contribution in [-0.4, -0.2) is 36.5 Å². The van der Waals surface area contributed by atoms with E-state index in [1.54, 1.807) is 0 Å². The molecule has 0 atom stereocenters. The molecule has 1 fully saturated rings. The van der Waals surface area contributed by atoms with Crippen molar-refractivity contribution in [2.45, 2.75) is 50.9 Å². The average Bonchev–Trinajstić information content (AvgIpc) is 2.70. The Balaban J connectivity index is 2.79. The van der Waals surface area contributed by atoms with Crippen LogP contribution in [0.1, 0.15) is 38.5 Å². The zero-order chi connectivity index (χ0) is 16.1. The molecule has 1 aliphatic carbocycles. The van der Waals surface area contributed by atoms with E-state index in [1.807, 2.05) is 5.32 Å². The molecule has 0 radical (unpaired) electrons. The van der Waals surface area contributed by atoms with Crippen molar-refractivity contribution in [3.05, 3.63) is 0 Å². The fraction of sp³-hybridized carbons (Fsp3) is 0.846. The summed E-state index contributed by atoms with van der Waals surface area (Å²) in [6.07, 6.45) is -0.0194. The van der Waals surface area contributed by atoms with Gasteiger partial charge in [0.15, 0.2) is 5.78 Å². The third kappa shape index (κ3) is 4.31. The summed E-state index contributed by atoms with van der Waals surface area (Å²) in [7, 11) is 0. The minimum absolute atomic E-state index is 0.291. The number of carbonyl (C=O) groups excluding carboxylic acids is 2. The van der Waals surface area contributed by atoms with Crippen molar-refractivity contribution in [1.82, 2.24) is 5.32 Å². The van der Waals surface area contributed by atoms with Crippen molar-refractivity contribution in [1.29, 1.82) is 0 Å². The van der Waals surface area contributed by atoms with Gasteiger partial charge in [-0.05, 0) is 12.8 Å². The highest BCUT2D eigenvalue weighted by Gasteiger charge is 2.50. The van der Waals surface area contributed by atoms with Gasteiger partial charge in [0.05, 0.1) is 5.88 Å². The molecule has 0 heterocycles. The van der Waals surface area contributed by atoms with Gasteiger partial charge in [-0.25, -0.2) is 8.78 Å². The molecule has 0 unspecified atom stereocenters. The highest BCUT2D eigenvalue weighted by atomic mass is 35.5. The SMILES string of the molecule is O=C(CCl)C1(CNC(=O)C(F)(F)C(F)F)CCCCCC1. The minimum Gasteiger partial charge on any atom is -0.350 e.